The highest BCUT2D eigenvalue weighted by atomic mass is 28.4. The van der Waals surface area contributed by atoms with Crippen molar-refractivity contribution in [3.05, 3.63) is 0 Å². The van der Waals surface area contributed by atoms with Crippen molar-refractivity contribution in [2.45, 2.75) is 103 Å². The number of carboxylic acid groups (broad SMARTS) is 1. The van der Waals surface area contributed by atoms with E-state index in [4.69, 9.17) is 9.53 Å². The number of rotatable bonds is 9. The van der Waals surface area contributed by atoms with E-state index in [1.54, 1.807) is 0 Å². The molecule has 1 atom stereocenters. The Morgan fingerprint density at radius 1 is 1.00 bits per heavy atom. The third-order valence-electron chi connectivity index (χ3n) is 4.52. The fourth-order valence-electron chi connectivity index (χ4n) is 3.55. The van der Waals surface area contributed by atoms with Crippen LogP contribution in [-0.4, -0.2) is 33.6 Å². The van der Waals surface area contributed by atoms with Crippen LogP contribution in [0.3, 0.4) is 0 Å². The summed E-state index contributed by atoms with van der Waals surface area (Å²) in [6.07, 6.45) is 1.40. The van der Waals surface area contributed by atoms with Crippen LogP contribution in [0, 0.1) is 11.5 Å². The first-order valence-electron chi connectivity index (χ1n) is 9.25. The minimum Gasteiger partial charge on any atom is -0.481 e. The van der Waals surface area contributed by atoms with Crippen LogP contribution in [0.5, 0.6) is 0 Å². The van der Waals surface area contributed by atoms with Crippen LogP contribution in [0.25, 0.3) is 0 Å². The molecule has 0 heterocycles. The van der Waals surface area contributed by atoms with E-state index in [2.05, 4.69) is 72.6 Å². The average Bonchev–Trinajstić information content (AvgIpc) is 2.38. The molecule has 0 aliphatic rings. The van der Waals surface area contributed by atoms with E-state index in [0.717, 1.165) is 0 Å². The Morgan fingerprint density at radius 2 is 1.46 bits per heavy atom. The Hall–Kier alpha value is -0.576. The number of carbonyl (C=O) groups is 1. The molecule has 0 saturated carbocycles. The van der Waals surface area contributed by atoms with E-state index >= 15 is 0 Å². The normalized spacial score (nSPS) is 14.0. The average molecular weight is 371 g/mol. The van der Waals surface area contributed by atoms with E-state index in [9.17, 15) is 4.79 Å². The van der Waals surface area contributed by atoms with Gasteiger partial charge in [-0.2, -0.15) is 0 Å². The van der Waals surface area contributed by atoms with Gasteiger partial charge in [0.15, 0.2) is 0 Å². The summed E-state index contributed by atoms with van der Waals surface area (Å²) in [4.78, 5) is 10.8. The number of aliphatic carboxylic acids is 1. The largest absolute Gasteiger partial charge is 0.481 e. The van der Waals surface area contributed by atoms with E-state index < -0.39 is 22.4 Å². The molecule has 0 bridgehead atoms. The Balaban J connectivity index is 5.50. The summed E-state index contributed by atoms with van der Waals surface area (Å²) in [6.45, 7) is 20.3. The summed E-state index contributed by atoms with van der Waals surface area (Å²) in [5, 5.41) is 8.92. The lowest BCUT2D eigenvalue weighted by molar-refractivity contribution is -0.137. The lowest BCUT2D eigenvalue weighted by Crippen LogP contribution is -2.50. The molecule has 0 aromatic rings. The maximum Gasteiger partial charge on any atom is 0.303 e. The monoisotopic (exact) mass is 370 g/mol. The van der Waals surface area contributed by atoms with E-state index in [0.29, 0.717) is 29.5 Å². The first-order valence-corrected chi connectivity index (χ1v) is 14.9. The quantitative estimate of drug-likeness (QED) is 0.419. The van der Waals surface area contributed by atoms with Gasteiger partial charge in [-0.25, -0.2) is 0 Å². The van der Waals surface area contributed by atoms with Crippen LogP contribution in [-0.2, 0) is 9.22 Å². The fourth-order valence-corrected chi connectivity index (χ4v) is 9.63. The highest BCUT2D eigenvalue weighted by Gasteiger charge is 2.46. The first-order chi connectivity index (χ1) is 10.8. The van der Waals surface area contributed by atoms with Gasteiger partial charge in [-0.05, 0) is 29.5 Å². The maximum absolute atomic E-state index is 10.8. The van der Waals surface area contributed by atoms with Crippen LogP contribution in [0.1, 0.15) is 60.8 Å². The second-order valence-electron chi connectivity index (χ2n) is 8.73. The number of hydrogen-bond acceptors (Lipinski definition) is 2. The van der Waals surface area contributed by atoms with E-state index in [1.165, 1.54) is 0 Å². The van der Waals surface area contributed by atoms with Gasteiger partial charge in [-0.3, -0.25) is 4.79 Å². The zero-order valence-electron chi connectivity index (χ0n) is 17.2. The van der Waals surface area contributed by atoms with Gasteiger partial charge in [0.1, 0.15) is 14.2 Å². The SMILES string of the molecule is CC(C)[Si](O[C@H](C#C[Si](C)(C)C)CCCC(=O)O)(C(C)C)C(C)C. The number of carboxylic acids is 1. The Labute approximate surface area is 151 Å². The molecule has 0 aliphatic carbocycles. The second kappa shape index (κ2) is 9.79. The van der Waals surface area contributed by atoms with Gasteiger partial charge < -0.3 is 9.53 Å². The lowest BCUT2D eigenvalue weighted by Gasteiger charge is -2.43. The smallest absolute Gasteiger partial charge is 0.303 e. The summed E-state index contributed by atoms with van der Waals surface area (Å²) in [5.41, 5.74) is 4.96. The molecule has 0 unspecified atom stereocenters. The number of hydrogen-bond donors (Lipinski definition) is 1. The molecule has 0 aliphatic heterocycles. The molecular formula is C19H38O3Si2. The second-order valence-corrected chi connectivity index (χ2v) is 18.9. The van der Waals surface area contributed by atoms with Crippen molar-refractivity contribution in [1.82, 2.24) is 0 Å². The predicted octanol–water partition coefficient (Wildman–Crippen LogP) is 5.68. The van der Waals surface area contributed by atoms with Gasteiger partial charge in [-0.1, -0.05) is 67.1 Å². The zero-order valence-corrected chi connectivity index (χ0v) is 19.2. The topological polar surface area (TPSA) is 46.5 Å². The van der Waals surface area contributed by atoms with Crippen LogP contribution in [0.4, 0.5) is 0 Å². The van der Waals surface area contributed by atoms with Crippen molar-refractivity contribution >= 4 is 22.4 Å². The minimum absolute atomic E-state index is 0.130. The fraction of sp³-hybridized carbons (Fsp3) is 0.842. The van der Waals surface area contributed by atoms with E-state index in [-0.39, 0.29) is 12.5 Å². The van der Waals surface area contributed by atoms with Crippen LogP contribution < -0.4 is 0 Å². The molecule has 5 heteroatoms. The van der Waals surface area contributed by atoms with Gasteiger partial charge in [0.2, 0.25) is 8.32 Å². The molecule has 1 N–H and O–H groups in total. The van der Waals surface area contributed by atoms with Crippen LogP contribution in [0.15, 0.2) is 0 Å². The van der Waals surface area contributed by atoms with Crippen LogP contribution >= 0.6 is 0 Å². The van der Waals surface area contributed by atoms with Crippen molar-refractivity contribution in [1.29, 1.82) is 0 Å². The molecule has 140 valence electrons. The molecule has 0 radical (unpaired) electrons. The predicted molar refractivity (Wildman–Crippen MR) is 109 cm³/mol. The molecule has 0 spiro atoms. The standard InChI is InChI=1S/C19H38O3Si2/c1-15(2)24(16(3)4,17(5)6)22-18(11-10-12-19(20)21)13-14-23(7,8)9/h15-18H,10-12H2,1-9H3,(H,20,21)/t18-/m0/s1. The molecule has 3 nitrogen and oxygen atoms in total. The summed E-state index contributed by atoms with van der Waals surface area (Å²) in [7, 11) is -3.48. The summed E-state index contributed by atoms with van der Waals surface area (Å²) in [6, 6.07) is 0. The molecule has 0 rings (SSSR count). The molecular weight excluding hydrogens is 332 g/mol. The molecule has 0 aromatic carbocycles. The van der Waals surface area contributed by atoms with Crippen molar-refractivity contribution in [2.75, 3.05) is 0 Å². The molecule has 0 aromatic heterocycles. The van der Waals surface area contributed by atoms with Gasteiger partial charge in [-0.15, -0.1) is 5.54 Å². The molecule has 0 fully saturated rings. The Kier molecular flexibility index (Phi) is 9.55. The Bertz CT molecular complexity index is 432. The van der Waals surface area contributed by atoms with Crippen molar-refractivity contribution in [2.24, 2.45) is 0 Å². The summed E-state index contributed by atoms with van der Waals surface area (Å²) >= 11 is 0. The third kappa shape index (κ3) is 7.54. The molecule has 0 amide bonds. The van der Waals surface area contributed by atoms with Crippen molar-refractivity contribution in [3.8, 4) is 11.5 Å². The summed E-state index contributed by atoms with van der Waals surface area (Å²) < 4.78 is 6.79. The van der Waals surface area contributed by atoms with Crippen molar-refractivity contribution < 1.29 is 14.3 Å². The Morgan fingerprint density at radius 3 is 1.79 bits per heavy atom. The lowest BCUT2D eigenvalue weighted by atomic mass is 10.1. The third-order valence-corrected chi connectivity index (χ3v) is 11.5. The highest BCUT2D eigenvalue weighted by Crippen LogP contribution is 2.43. The first kappa shape index (κ1) is 23.4. The molecule has 24 heavy (non-hydrogen) atoms. The summed E-state index contributed by atoms with van der Waals surface area (Å²) in [5.74, 6) is 2.64. The van der Waals surface area contributed by atoms with Gasteiger partial charge in [0.05, 0.1) is 0 Å². The highest BCUT2D eigenvalue weighted by molar-refractivity contribution is 6.83. The zero-order chi connectivity index (χ0) is 19.1. The van der Waals surface area contributed by atoms with E-state index in [1.807, 2.05) is 0 Å². The van der Waals surface area contributed by atoms with Crippen molar-refractivity contribution in [3.63, 3.8) is 0 Å². The van der Waals surface area contributed by atoms with Gasteiger partial charge >= 0.3 is 5.97 Å². The van der Waals surface area contributed by atoms with Gasteiger partial charge in [0, 0.05) is 6.42 Å². The van der Waals surface area contributed by atoms with Crippen LogP contribution in [0.2, 0.25) is 36.3 Å². The molecule has 0 saturated heterocycles. The minimum atomic E-state index is -2.00. The van der Waals surface area contributed by atoms with Gasteiger partial charge in [0.25, 0.3) is 0 Å². The maximum atomic E-state index is 10.8.